The highest BCUT2D eigenvalue weighted by molar-refractivity contribution is 5.91. The van der Waals surface area contributed by atoms with Crippen molar-refractivity contribution in [2.45, 2.75) is 67.6 Å². The zero-order valence-corrected chi connectivity index (χ0v) is 28.8. The van der Waals surface area contributed by atoms with Gasteiger partial charge in [-0.05, 0) is 91.1 Å². The van der Waals surface area contributed by atoms with Crippen molar-refractivity contribution in [1.29, 1.82) is 0 Å². The zero-order valence-electron chi connectivity index (χ0n) is 28.8. The molecule has 0 radical (unpaired) electrons. The molecule has 0 aromatic heterocycles. The lowest BCUT2D eigenvalue weighted by atomic mass is 10.1. The normalized spacial score (nSPS) is 11.6. The van der Waals surface area contributed by atoms with Gasteiger partial charge in [-0.1, -0.05) is 92.7 Å². The lowest BCUT2D eigenvalue weighted by Gasteiger charge is -2.14. The van der Waals surface area contributed by atoms with E-state index in [4.69, 9.17) is 20.3 Å². The van der Waals surface area contributed by atoms with Crippen LogP contribution in [-0.4, -0.2) is 30.2 Å². The van der Waals surface area contributed by atoms with E-state index in [1.807, 2.05) is 125 Å². The molecular weight excluding hydrogens is 588 g/mol. The number of ether oxygens (including phenoxy) is 2. The standard InChI is InChI=1S/C20H25NO2.C12H16O3.C8H11N/c1-15-9-10-17(3)19(11-15)21-20(22)12-16(2)13-23-14-18-7-5-4-6-8-18;1-10(7-12(13)14)8-15-9-11-5-3-2-4-6-11;1-6-3-4-8(9)5-7(6)2/h4-11,16H,12-14H2,1-3H3,(H,21,22);2-6,10H,7-9H2,1H3,(H,13,14);3-5H,9H2,1-2H3. The van der Waals surface area contributed by atoms with Gasteiger partial charge in [0.05, 0.1) is 32.8 Å². The van der Waals surface area contributed by atoms with Crippen molar-refractivity contribution in [2.75, 3.05) is 24.3 Å². The van der Waals surface area contributed by atoms with E-state index in [0.29, 0.717) is 32.8 Å². The Hall–Kier alpha value is -4.46. The molecule has 1 amide bonds. The summed E-state index contributed by atoms with van der Waals surface area (Å²) in [5.41, 5.74) is 14.3. The average Bonchev–Trinajstić information content (AvgIpc) is 3.02. The Bertz CT molecular complexity index is 1490. The summed E-state index contributed by atoms with van der Waals surface area (Å²) in [6.07, 6.45) is 0.622. The van der Waals surface area contributed by atoms with Crippen LogP contribution in [0.5, 0.6) is 0 Å². The van der Waals surface area contributed by atoms with Gasteiger partial charge in [0.25, 0.3) is 0 Å². The molecule has 4 aromatic carbocycles. The first-order valence-corrected chi connectivity index (χ1v) is 16.1. The molecule has 4 aromatic rings. The number of nitrogen functional groups attached to an aromatic ring is 1. The minimum atomic E-state index is -0.772. The molecule has 0 saturated carbocycles. The molecule has 7 nitrogen and oxygen atoms in total. The summed E-state index contributed by atoms with van der Waals surface area (Å²) in [5.74, 6) is -0.490. The molecule has 2 unspecified atom stereocenters. The van der Waals surface area contributed by atoms with Crippen molar-refractivity contribution < 1.29 is 24.2 Å². The molecule has 252 valence electrons. The molecule has 0 heterocycles. The van der Waals surface area contributed by atoms with Gasteiger partial charge < -0.3 is 25.6 Å². The van der Waals surface area contributed by atoms with Crippen LogP contribution in [0, 0.1) is 39.5 Å². The first kappa shape index (κ1) is 38.7. The van der Waals surface area contributed by atoms with E-state index in [-0.39, 0.29) is 24.2 Å². The molecule has 0 fully saturated rings. The van der Waals surface area contributed by atoms with Crippen LogP contribution in [0.1, 0.15) is 60.1 Å². The Morgan fingerprint density at radius 1 is 0.681 bits per heavy atom. The van der Waals surface area contributed by atoms with Crippen LogP contribution in [-0.2, 0) is 32.3 Å². The molecule has 4 N–H and O–H groups in total. The number of nitrogens with two attached hydrogens (primary N) is 1. The Labute approximate surface area is 281 Å². The fourth-order valence-corrected chi connectivity index (χ4v) is 4.47. The van der Waals surface area contributed by atoms with Crippen LogP contribution in [0.25, 0.3) is 0 Å². The average molecular weight is 641 g/mol. The van der Waals surface area contributed by atoms with Crippen molar-refractivity contribution >= 4 is 23.3 Å². The molecule has 47 heavy (non-hydrogen) atoms. The second-order valence-corrected chi connectivity index (χ2v) is 12.2. The number of hydrogen-bond acceptors (Lipinski definition) is 5. The molecule has 0 bridgehead atoms. The second-order valence-electron chi connectivity index (χ2n) is 12.2. The predicted molar refractivity (Wildman–Crippen MR) is 192 cm³/mol. The third kappa shape index (κ3) is 17.1. The number of aryl methyl sites for hydroxylation is 4. The largest absolute Gasteiger partial charge is 0.481 e. The number of anilines is 2. The highest BCUT2D eigenvalue weighted by atomic mass is 16.5. The number of amides is 1. The molecule has 0 saturated heterocycles. The number of benzene rings is 4. The lowest BCUT2D eigenvalue weighted by molar-refractivity contribution is -0.138. The summed E-state index contributed by atoms with van der Waals surface area (Å²) in [7, 11) is 0. The number of hydrogen-bond donors (Lipinski definition) is 3. The van der Waals surface area contributed by atoms with Crippen molar-refractivity contribution in [1.82, 2.24) is 0 Å². The summed E-state index contributed by atoms with van der Waals surface area (Å²) in [4.78, 5) is 22.5. The van der Waals surface area contributed by atoms with Gasteiger partial charge in [-0.3, -0.25) is 9.59 Å². The summed E-state index contributed by atoms with van der Waals surface area (Å²) < 4.78 is 11.1. The van der Waals surface area contributed by atoms with E-state index < -0.39 is 5.97 Å². The maximum absolute atomic E-state index is 12.2. The van der Waals surface area contributed by atoms with Crippen molar-refractivity contribution in [3.63, 3.8) is 0 Å². The molecular formula is C40H52N2O5. The Morgan fingerprint density at radius 3 is 1.68 bits per heavy atom. The van der Waals surface area contributed by atoms with E-state index in [1.165, 1.54) is 11.1 Å². The van der Waals surface area contributed by atoms with Crippen LogP contribution in [0.2, 0.25) is 0 Å². The van der Waals surface area contributed by atoms with Gasteiger partial charge >= 0.3 is 5.97 Å². The van der Waals surface area contributed by atoms with Gasteiger partial charge in [0.15, 0.2) is 0 Å². The SMILES string of the molecule is CC(COCc1ccccc1)CC(=O)O.Cc1ccc(C)c(NC(=O)CC(C)COCc2ccccc2)c1.Cc1ccc(N)cc1C. The van der Waals surface area contributed by atoms with Crippen LogP contribution in [0.3, 0.4) is 0 Å². The quantitative estimate of drug-likeness (QED) is 0.126. The van der Waals surface area contributed by atoms with Crippen molar-refractivity contribution in [2.24, 2.45) is 11.8 Å². The maximum atomic E-state index is 12.2. The molecule has 0 spiro atoms. The fraction of sp³-hybridized carbons (Fsp3) is 0.350. The molecule has 4 rings (SSSR count). The third-order valence-corrected chi connectivity index (χ3v) is 7.28. The van der Waals surface area contributed by atoms with Gasteiger partial charge in [-0.25, -0.2) is 0 Å². The van der Waals surface area contributed by atoms with Gasteiger partial charge in [-0.15, -0.1) is 0 Å². The summed E-state index contributed by atoms with van der Waals surface area (Å²) in [6, 6.07) is 31.9. The smallest absolute Gasteiger partial charge is 0.303 e. The zero-order chi connectivity index (χ0) is 34.6. The van der Waals surface area contributed by atoms with Gasteiger partial charge in [0.1, 0.15) is 0 Å². The number of carboxylic acids is 1. The van der Waals surface area contributed by atoms with E-state index in [2.05, 4.69) is 19.2 Å². The lowest BCUT2D eigenvalue weighted by Crippen LogP contribution is -2.18. The third-order valence-electron chi connectivity index (χ3n) is 7.28. The number of nitrogens with one attached hydrogen (secondary N) is 1. The van der Waals surface area contributed by atoms with Crippen LogP contribution < -0.4 is 11.1 Å². The van der Waals surface area contributed by atoms with Gasteiger partial charge in [0.2, 0.25) is 5.91 Å². The van der Waals surface area contributed by atoms with Crippen molar-refractivity contribution in [3.8, 4) is 0 Å². The number of rotatable bonds is 13. The molecule has 2 atom stereocenters. The van der Waals surface area contributed by atoms with Crippen LogP contribution in [0.4, 0.5) is 11.4 Å². The fourth-order valence-electron chi connectivity index (χ4n) is 4.47. The van der Waals surface area contributed by atoms with Gasteiger partial charge in [-0.2, -0.15) is 0 Å². The number of aliphatic carboxylic acids is 1. The van der Waals surface area contributed by atoms with E-state index >= 15 is 0 Å². The first-order valence-electron chi connectivity index (χ1n) is 16.1. The monoisotopic (exact) mass is 640 g/mol. The summed E-state index contributed by atoms with van der Waals surface area (Å²) >= 11 is 0. The minimum Gasteiger partial charge on any atom is -0.481 e. The predicted octanol–water partition coefficient (Wildman–Crippen LogP) is 8.68. The molecule has 0 aliphatic carbocycles. The number of carbonyl (C=O) groups excluding carboxylic acids is 1. The Kier molecular flexibility index (Phi) is 17.6. The Balaban J connectivity index is 0.000000273. The molecule has 7 heteroatoms. The Morgan fingerprint density at radius 2 is 1.19 bits per heavy atom. The van der Waals surface area contributed by atoms with Crippen molar-refractivity contribution in [3.05, 3.63) is 130 Å². The minimum absolute atomic E-state index is 0.0366. The van der Waals surface area contributed by atoms with E-state index in [9.17, 15) is 9.59 Å². The highest BCUT2D eigenvalue weighted by Gasteiger charge is 2.11. The number of carboxylic acid groups (broad SMARTS) is 1. The molecule has 0 aliphatic rings. The maximum Gasteiger partial charge on any atom is 0.303 e. The molecule has 0 aliphatic heterocycles. The second kappa shape index (κ2) is 21.4. The summed E-state index contributed by atoms with van der Waals surface area (Å²) in [5, 5.41) is 11.5. The number of carbonyl (C=O) groups is 2. The van der Waals surface area contributed by atoms with E-state index in [1.54, 1.807) is 0 Å². The van der Waals surface area contributed by atoms with Gasteiger partial charge in [0, 0.05) is 17.8 Å². The van der Waals surface area contributed by atoms with Crippen LogP contribution in [0.15, 0.2) is 97.1 Å². The van der Waals surface area contributed by atoms with E-state index in [0.717, 1.165) is 33.6 Å². The first-order chi connectivity index (χ1) is 22.4. The summed E-state index contributed by atoms with van der Waals surface area (Å²) in [6.45, 7) is 14.3. The topological polar surface area (TPSA) is 111 Å². The van der Waals surface area contributed by atoms with Crippen LogP contribution >= 0.6 is 0 Å². The highest BCUT2D eigenvalue weighted by Crippen LogP contribution is 2.17.